The van der Waals surface area contributed by atoms with E-state index in [0.29, 0.717) is 24.5 Å². The van der Waals surface area contributed by atoms with Gasteiger partial charge in [0.05, 0.1) is 31.2 Å². The highest BCUT2D eigenvalue weighted by molar-refractivity contribution is 5.66. The maximum Gasteiger partial charge on any atom is 0.144 e. The average molecular weight is 361 g/mol. The van der Waals surface area contributed by atoms with Gasteiger partial charge >= 0.3 is 0 Å². The van der Waals surface area contributed by atoms with Crippen LogP contribution in [0.5, 0.6) is 5.75 Å². The molecule has 0 bridgehead atoms. The van der Waals surface area contributed by atoms with E-state index in [-0.39, 0.29) is 11.7 Å². The predicted octanol–water partition coefficient (Wildman–Crippen LogP) is 2.90. The fourth-order valence-electron chi connectivity index (χ4n) is 3.36. The van der Waals surface area contributed by atoms with Crippen LogP contribution < -0.4 is 10.5 Å². The van der Waals surface area contributed by atoms with E-state index in [0.717, 1.165) is 29.0 Å². The number of anilines is 1. The lowest BCUT2D eigenvalue weighted by atomic mass is 9.93. The molecule has 0 amide bonds. The van der Waals surface area contributed by atoms with Crippen LogP contribution in [0, 0.1) is 11.3 Å². The van der Waals surface area contributed by atoms with Crippen molar-refractivity contribution in [1.29, 1.82) is 5.26 Å². The van der Waals surface area contributed by atoms with Gasteiger partial charge in [-0.15, -0.1) is 0 Å². The molecule has 7 nitrogen and oxygen atoms in total. The summed E-state index contributed by atoms with van der Waals surface area (Å²) in [6, 6.07) is 11.8. The molecule has 1 atom stereocenters. The Balaban J connectivity index is 1.76. The molecule has 4 rings (SSSR count). The number of para-hydroxylation sites is 2. The molecule has 0 radical (unpaired) electrons. The third kappa shape index (κ3) is 3.11. The molecule has 1 aliphatic heterocycles. The third-order valence-corrected chi connectivity index (χ3v) is 4.77. The molecule has 136 valence electrons. The molecule has 2 N–H and O–H groups in total. The number of methoxy groups -OCH3 is 1. The summed E-state index contributed by atoms with van der Waals surface area (Å²) in [5, 5.41) is 13.9. The van der Waals surface area contributed by atoms with Gasteiger partial charge in [-0.05, 0) is 30.2 Å². The zero-order valence-corrected chi connectivity index (χ0v) is 14.9. The van der Waals surface area contributed by atoms with E-state index in [4.69, 9.17) is 15.2 Å². The highest BCUT2D eigenvalue weighted by Gasteiger charge is 2.24. The van der Waals surface area contributed by atoms with Crippen molar-refractivity contribution in [3.63, 3.8) is 0 Å². The molecule has 1 aliphatic rings. The van der Waals surface area contributed by atoms with Crippen LogP contribution in [0.2, 0.25) is 0 Å². The van der Waals surface area contributed by atoms with Crippen molar-refractivity contribution < 1.29 is 9.47 Å². The normalized spacial score (nSPS) is 16.2. The van der Waals surface area contributed by atoms with E-state index < -0.39 is 0 Å². The number of ether oxygens (including phenoxy) is 2. The zero-order chi connectivity index (χ0) is 18.8. The van der Waals surface area contributed by atoms with Gasteiger partial charge in [0, 0.05) is 24.3 Å². The molecule has 27 heavy (non-hydrogen) atoms. The fraction of sp³-hybridized carbons (Fsp3) is 0.250. The lowest BCUT2D eigenvalue weighted by molar-refractivity contribution is 0.194. The lowest BCUT2D eigenvalue weighted by Crippen LogP contribution is -2.06. The molecule has 2 aromatic heterocycles. The Labute approximate surface area is 157 Å². The number of pyridine rings is 1. The van der Waals surface area contributed by atoms with Crippen molar-refractivity contribution in [1.82, 2.24) is 14.8 Å². The number of hydrogen-bond donors (Lipinski definition) is 1. The van der Waals surface area contributed by atoms with E-state index in [9.17, 15) is 5.26 Å². The molecule has 0 aliphatic carbocycles. The van der Waals surface area contributed by atoms with Crippen molar-refractivity contribution in [2.45, 2.75) is 12.3 Å². The first-order valence-electron chi connectivity index (χ1n) is 8.68. The summed E-state index contributed by atoms with van der Waals surface area (Å²) in [5.41, 5.74) is 9.74. The van der Waals surface area contributed by atoms with Crippen molar-refractivity contribution in [3.8, 4) is 28.8 Å². The molecule has 0 spiro atoms. The van der Waals surface area contributed by atoms with Gasteiger partial charge in [0.15, 0.2) is 0 Å². The largest absolute Gasteiger partial charge is 0.494 e. The first-order valence-corrected chi connectivity index (χ1v) is 8.68. The topological polar surface area (TPSA) is 99.0 Å². The monoisotopic (exact) mass is 361 g/mol. The average Bonchev–Trinajstić information content (AvgIpc) is 3.39. The number of hydrogen-bond acceptors (Lipinski definition) is 6. The second kappa shape index (κ2) is 7.09. The van der Waals surface area contributed by atoms with Crippen LogP contribution in [0.1, 0.15) is 23.5 Å². The molecule has 3 aromatic rings. The van der Waals surface area contributed by atoms with Gasteiger partial charge in [0.25, 0.3) is 0 Å². The van der Waals surface area contributed by atoms with Gasteiger partial charge in [-0.1, -0.05) is 12.1 Å². The van der Waals surface area contributed by atoms with Crippen molar-refractivity contribution in [2.24, 2.45) is 0 Å². The fourth-order valence-corrected chi connectivity index (χ4v) is 3.36. The highest BCUT2D eigenvalue weighted by Crippen LogP contribution is 2.33. The van der Waals surface area contributed by atoms with Gasteiger partial charge in [-0.25, -0.2) is 9.67 Å². The number of nitriles is 1. The molecule has 1 fully saturated rings. The van der Waals surface area contributed by atoms with Gasteiger partial charge in [0.2, 0.25) is 0 Å². The molecule has 1 unspecified atom stereocenters. The van der Waals surface area contributed by atoms with Crippen LogP contribution >= 0.6 is 0 Å². The quantitative estimate of drug-likeness (QED) is 0.767. The minimum absolute atomic E-state index is 0.160. The summed E-state index contributed by atoms with van der Waals surface area (Å²) in [4.78, 5) is 4.43. The van der Waals surface area contributed by atoms with E-state index >= 15 is 0 Å². The highest BCUT2D eigenvalue weighted by atomic mass is 16.5. The van der Waals surface area contributed by atoms with Crippen molar-refractivity contribution in [2.75, 3.05) is 26.1 Å². The molecule has 0 saturated carbocycles. The number of nitrogens with zero attached hydrogens (tertiary/aromatic N) is 4. The summed E-state index contributed by atoms with van der Waals surface area (Å²) < 4.78 is 12.6. The van der Waals surface area contributed by atoms with E-state index in [1.807, 2.05) is 36.5 Å². The number of nitrogen functional groups attached to an aromatic ring is 1. The minimum Gasteiger partial charge on any atom is -0.494 e. The molecule has 3 heterocycles. The number of rotatable bonds is 4. The summed E-state index contributed by atoms with van der Waals surface area (Å²) in [5.74, 6) is 1.12. The van der Waals surface area contributed by atoms with Crippen LogP contribution in [0.3, 0.4) is 0 Å². The van der Waals surface area contributed by atoms with E-state index in [1.54, 1.807) is 18.0 Å². The maximum absolute atomic E-state index is 9.49. The first kappa shape index (κ1) is 17.1. The number of nitrogens with two attached hydrogens (primary N) is 1. The third-order valence-electron chi connectivity index (χ3n) is 4.77. The Hall–Kier alpha value is -3.37. The van der Waals surface area contributed by atoms with Gasteiger partial charge in [0.1, 0.15) is 23.3 Å². The molecule has 1 aromatic carbocycles. The summed E-state index contributed by atoms with van der Waals surface area (Å²) in [6.45, 7) is 1.29. The van der Waals surface area contributed by atoms with Crippen LogP contribution in [0.4, 0.5) is 5.82 Å². The van der Waals surface area contributed by atoms with Crippen LogP contribution in [0.25, 0.3) is 16.9 Å². The van der Waals surface area contributed by atoms with Crippen LogP contribution in [-0.2, 0) is 4.74 Å². The number of benzene rings is 1. The zero-order valence-electron chi connectivity index (χ0n) is 14.9. The lowest BCUT2D eigenvalue weighted by Gasteiger charge is -2.13. The Kier molecular flexibility index (Phi) is 4.48. The Morgan fingerprint density at radius 1 is 1.37 bits per heavy atom. The number of aromatic nitrogens is 3. The molecule has 1 saturated heterocycles. The first-order chi connectivity index (χ1) is 13.2. The molecule has 7 heteroatoms. The van der Waals surface area contributed by atoms with Gasteiger partial charge in [-0.3, -0.25) is 0 Å². The maximum atomic E-state index is 9.49. The van der Waals surface area contributed by atoms with E-state index in [1.165, 1.54) is 0 Å². The van der Waals surface area contributed by atoms with Crippen LogP contribution in [0.15, 0.2) is 42.7 Å². The van der Waals surface area contributed by atoms with Gasteiger partial charge < -0.3 is 15.2 Å². The Morgan fingerprint density at radius 3 is 2.96 bits per heavy atom. The van der Waals surface area contributed by atoms with Gasteiger partial charge in [-0.2, -0.15) is 10.4 Å². The summed E-state index contributed by atoms with van der Waals surface area (Å²) in [6.07, 6.45) is 4.48. The summed E-state index contributed by atoms with van der Waals surface area (Å²) >= 11 is 0. The SMILES string of the molecule is COc1ccccc1-n1cc(-c2cc(C3CCOC3)c(C#N)c(N)n2)cn1. The van der Waals surface area contributed by atoms with Crippen molar-refractivity contribution >= 4 is 5.82 Å². The van der Waals surface area contributed by atoms with Crippen LogP contribution in [-0.4, -0.2) is 35.1 Å². The van der Waals surface area contributed by atoms with E-state index in [2.05, 4.69) is 16.2 Å². The smallest absolute Gasteiger partial charge is 0.144 e. The molecular formula is C20H19N5O2. The Morgan fingerprint density at radius 2 is 2.22 bits per heavy atom. The predicted molar refractivity (Wildman–Crippen MR) is 101 cm³/mol. The standard InChI is InChI=1S/C20H19N5O2/c1-26-19-5-3-2-4-18(19)25-11-14(10-23-25)17-8-15(13-6-7-27-12-13)16(9-21)20(22)24-17/h2-5,8,10-11,13H,6-7,12H2,1H3,(H2,22,24). The second-order valence-corrected chi connectivity index (χ2v) is 6.37. The van der Waals surface area contributed by atoms with Crippen molar-refractivity contribution in [3.05, 3.63) is 53.9 Å². The second-order valence-electron chi connectivity index (χ2n) is 6.37. The molecular weight excluding hydrogens is 342 g/mol. The Bertz CT molecular complexity index is 1020. The minimum atomic E-state index is 0.160. The summed E-state index contributed by atoms with van der Waals surface area (Å²) in [7, 11) is 1.63.